The lowest BCUT2D eigenvalue weighted by molar-refractivity contribution is 0.187. The van der Waals surface area contributed by atoms with Crippen LogP contribution in [0.3, 0.4) is 0 Å². The smallest absolute Gasteiger partial charge is 0.260 e. The third-order valence-corrected chi connectivity index (χ3v) is 6.15. The first-order valence-electron chi connectivity index (χ1n) is 6.90. The van der Waals surface area contributed by atoms with Gasteiger partial charge in [0.1, 0.15) is 0 Å². The van der Waals surface area contributed by atoms with Gasteiger partial charge in [0.25, 0.3) is 10.0 Å². The summed E-state index contributed by atoms with van der Waals surface area (Å²) in [5.41, 5.74) is 5.77. The van der Waals surface area contributed by atoms with Crippen LogP contribution in [0, 0.1) is 0 Å². The maximum Gasteiger partial charge on any atom is 0.260 e. The Morgan fingerprint density at radius 2 is 2.33 bits per heavy atom. The number of aromatic nitrogens is 2. The number of nitrogens with two attached hydrogens (primary N) is 1. The predicted molar refractivity (Wildman–Crippen MR) is 82.9 cm³/mol. The van der Waals surface area contributed by atoms with E-state index >= 15 is 0 Å². The third kappa shape index (κ3) is 2.78. The van der Waals surface area contributed by atoms with E-state index in [1.807, 2.05) is 7.05 Å². The van der Waals surface area contributed by atoms with Crippen LogP contribution in [0.5, 0.6) is 0 Å². The predicted octanol–water partition coefficient (Wildman–Crippen LogP) is 0.741. The molecule has 9 heteroatoms. The lowest BCUT2D eigenvalue weighted by Crippen LogP contribution is -2.44. The molecule has 1 unspecified atom stereocenters. The molecule has 0 spiro atoms. The van der Waals surface area contributed by atoms with E-state index in [9.17, 15) is 8.42 Å². The zero-order chi connectivity index (χ0) is 15.0. The van der Waals surface area contributed by atoms with Gasteiger partial charge in [-0.3, -0.25) is 4.40 Å². The Morgan fingerprint density at radius 3 is 3.10 bits per heavy atom. The first-order chi connectivity index (χ1) is 9.99. The fraction of sp³-hybridized carbons (Fsp3) is 0.583. The van der Waals surface area contributed by atoms with E-state index in [1.165, 1.54) is 22.2 Å². The van der Waals surface area contributed by atoms with Crippen molar-refractivity contribution in [1.82, 2.24) is 19.0 Å². The SMILES string of the molecule is CN1CCCCC1CNS(=O)(=O)c1c(N)nc2sccn12. The van der Waals surface area contributed by atoms with Gasteiger partial charge >= 0.3 is 0 Å². The molecular weight excluding hydrogens is 310 g/mol. The number of rotatable bonds is 4. The van der Waals surface area contributed by atoms with Crippen molar-refractivity contribution in [3.8, 4) is 0 Å². The normalized spacial score (nSPS) is 21.1. The summed E-state index contributed by atoms with van der Waals surface area (Å²) in [6.07, 6.45) is 4.99. The Labute approximate surface area is 127 Å². The lowest BCUT2D eigenvalue weighted by Gasteiger charge is -2.32. The summed E-state index contributed by atoms with van der Waals surface area (Å²) in [6.45, 7) is 1.41. The molecule has 0 radical (unpaired) electrons. The van der Waals surface area contributed by atoms with Crippen molar-refractivity contribution in [2.45, 2.75) is 30.3 Å². The van der Waals surface area contributed by atoms with Crippen LogP contribution in [-0.4, -0.2) is 48.9 Å². The number of nitrogens with zero attached hydrogens (tertiary/aromatic N) is 3. The van der Waals surface area contributed by atoms with E-state index in [-0.39, 0.29) is 16.9 Å². The number of hydrogen-bond donors (Lipinski definition) is 2. The van der Waals surface area contributed by atoms with Gasteiger partial charge in [-0.25, -0.2) is 18.1 Å². The number of imidazole rings is 1. The second kappa shape index (κ2) is 5.56. The molecule has 0 aromatic carbocycles. The van der Waals surface area contributed by atoms with Crippen molar-refractivity contribution in [2.24, 2.45) is 0 Å². The summed E-state index contributed by atoms with van der Waals surface area (Å²) in [5, 5.41) is 1.83. The Kier molecular flexibility index (Phi) is 3.91. The van der Waals surface area contributed by atoms with Gasteiger partial charge in [-0.15, -0.1) is 11.3 Å². The van der Waals surface area contributed by atoms with Gasteiger partial charge in [0, 0.05) is 24.2 Å². The summed E-state index contributed by atoms with van der Waals surface area (Å²) in [4.78, 5) is 6.86. The average Bonchev–Trinajstić information content (AvgIpc) is 2.97. The van der Waals surface area contributed by atoms with E-state index in [0.717, 1.165) is 19.4 Å². The number of sulfonamides is 1. The van der Waals surface area contributed by atoms with Crippen LogP contribution in [0.2, 0.25) is 0 Å². The van der Waals surface area contributed by atoms with Crippen molar-refractivity contribution in [3.63, 3.8) is 0 Å². The molecule has 1 saturated heterocycles. The molecule has 0 amide bonds. The van der Waals surface area contributed by atoms with Gasteiger partial charge in [-0.05, 0) is 26.4 Å². The monoisotopic (exact) mass is 329 g/mol. The minimum atomic E-state index is -3.66. The molecule has 1 aliphatic heterocycles. The van der Waals surface area contributed by atoms with Crippen LogP contribution in [0.25, 0.3) is 4.96 Å². The van der Waals surface area contributed by atoms with Crippen LogP contribution in [0.1, 0.15) is 19.3 Å². The zero-order valence-electron chi connectivity index (χ0n) is 11.8. The quantitative estimate of drug-likeness (QED) is 0.863. The molecule has 0 bridgehead atoms. The second-order valence-corrected chi connectivity index (χ2v) is 7.90. The van der Waals surface area contributed by atoms with E-state index in [4.69, 9.17) is 5.73 Å². The Bertz CT molecular complexity index is 736. The summed E-state index contributed by atoms with van der Waals surface area (Å²) in [5.74, 6) is 0.0475. The Balaban J connectivity index is 1.80. The standard InChI is InChI=1S/C12H19N5O2S2/c1-16-5-3-2-4-9(16)8-14-21(18,19)11-10(13)15-12-17(11)6-7-20-12/h6-7,9,14H,2-5,8,13H2,1H3. The highest BCUT2D eigenvalue weighted by Crippen LogP contribution is 2.23. The first kappa shape index (κ1) is 14.8. The maximum absolute atomic E-state index is 12.5. The minimum Gasteiger partial charge on any atom is -0.381 e. The van der Waals surface area contributed by atoms with Gasteiger partial charge in [-0.2, -0.15) is 0 Å². The number of anilines is 1. The van der Waals surface area contributed by atoms with Gasteiger partial charge in [0.2, 0.25) is 0 Å². The highest BCUT2D eigenvalue weighted by atomic mass is 32.2. The van der Waals surface area contributed by atoms with E-state index in [2.05, 4.69) is 14.6 Å². The van der Waals surface area contributed by atoms with Crippen LogP contribution < -0.4 is 10.5 Å². The Hall–Kier alpha value is -1.16. The number of hydrogen-bond acceptors (Lipinski definition) is 6. The van der Waals surface area contributed by atoms with E-state index < -0.39 is 10.0 Å². The molecule has 2 aromatic rings. The van der Waals surface area contributed by atoms with Gasteiger partial charge in [0.05, 0.1) is 0 Å². The number of nitrogens with one attached hydrogen (secondary N) is 1. The van der Waals surface area contributed by atoms with Crippen molar-refractivity contribution >= 4 is 32.1 Å². The van der Waals surface area contributed by atoms with Gasteiger partial charge in [-0.1, -0.05) is 6.42 Å². The topological polar surface area (TPSA) is 92.7 Å². The van der Waals surface area contributed by atoms with Crippen LogP contribution in [-0.2, 0) is 10.0 Å². The van der Waals surface area contributed by atoms with Gasteiger partial charge in [0.15, 0.2) is 15.8 Å². The van der Waals surface area contributed by atoms with Crippen LogP contribution in [0.4, 0.5) is 5.82 Å². The summed E-state index contributed by atoms with van der Waals surface area (Å²) < 4.78 is 29.2. The molecule has 116 valence electrons. The van der Waals surface area contributed by atoms with Crippen molar-refractivity contribution in [1.29, 1.82) is 0 Å². The number of thiazole rings is 1. The molecule has 3 N–H and O–H groups in total. The molecule has 21 heavy (non-hydrogen) atoms. The van der Waals surface area contributed by atoms with Crippen molar-refractivity contribution in [3.05, 3.63) is 11.6 Å². The molecule has 3 heterocycles. The number of fused-ring (bicyclic) bond motifs is 1. The molecule has 3 rings (SSSR count). The molecule has 0 aliphatic carbocycles. The van der Waals surface area contributed by atoms with Crippen molar-refractivity contribution < 1.29 is 8.42 Å². The maximum atomic E-state index is 12.5. The van der Waals surface area contributed by atoms with Gasteiger partial charge < -0.3 is 10.6 Å². The van der Waals surface area contributed by atoms with Crippen LogP contribution in [0.15, 0.2) is 16.6 Å². The molecule has 0 saturated carbocycles. The second-order valence-electron chi connectivity index (χ2n) is 5.34. The van der Waals surface area contributed by atoms with E-state index in [0.29, 0.717) is 11.5 Å². The molecule has 1 aliphatic rings. The van der Waals surface area contributed by atoms with Crippen molar-refractivity contribution in [2.75, 3.05) is 25.9 Å². The number of likely N-dealkylation sites (N-methyl/N-ethyl adjacent to an activating group) is 1. The Morgan fingerprint density at radius 1 is 1.52 bits per heavy atom. The molecule has 1 atom stereocenters. The molecule has 2 aromatic heterocycles. The zero-order valence-corrected chi connectivity index (χ0v) is 13.5. The average molecular weight is 329 g/mol. The fourth-order valence-corrected chi connectivity index (χ4v) is 4.78. The lowest BCUT2D eigenvalue weighted by atomic mass is 10.0. The van der Waals surface area contributed by atoms with Crippen LogP contribution >= 0.6 is 11.3 Å². The largest absolute Gasteiger partial charge is 0.381 e. The summed E-state index contributed by atoms with van der Waals surface area (Å²) in [6, 6.07) is 0.237. The minimum absolute atomic E-state index is 0.0391. The molecule has 7 nitrogen and oxygen atoms in total. The molecular formula is C12H19N5O2S2. The summed E-state index contributed by atoms with van der Waals surface area (Å²) >= 11 is 1.36. The highest BCUT2D eigenvalue weighted by Gasteiger charge is 2.27. The fourth-order valence-electron chi connectivity index (χ4n) is 2.73. The number of nitrogen functional groups attached to an aromatic ring is 1. The number of piperidine rings is 1. The van der Waals surface area contributed by atoms with E-state index in [1.54, 1.807) is 11.6 Å². The highest BCUT2D eigenvalue weighted by molar-refractivity contribution is 7.89. The molecule has 1 fully saturated rings. The number of likely N-dealkylation sites (tertiary alicyclic amines) is 1. The first-order valence-corrected chi connectivity index (χ1v) is 9.26. The third-order valence-electron chi connectivity index (χ3n) is 3.93. The summed E-state index contributed by atoms with van der Waals surface area (Å²) in [7, 11) is -1.63.